The van der Waals surface area contributed by atoms with E-state index in [1.54, 1.807) is 11.6 Å². The maximum Gasteiger partial charge on any atom is 0.164 e. The van der Waals surface area contributed by atoms with Crippen molar-refractivity contribution >= 4 is 15.9 Å². The van der Waals surface area contributed by atoms with E-state index in [9.17, 15) is 5.11 Å². The van der Waals surface area contributed by atoms with E-state index in [-0.39, 0.29) is 0 Å². The first-order valence-corrected chi connectivity index (χ1v) is 6.88. The molecule has 6 heteroatoms. The van der Waals surface area contributed by atoms with Crippen molar-refractivity contribution in [2.24, 2.45) is 0 Å². The molecular formula is C13H16BrN3O2. The number of ether oxygens (including phenoxy) is 1. The number of benzene rings is 1. The predicted octanol–water partition coefficient (Wildman–Crippen LogP) is 2.69. The summed E-state index contributed by atoms with van der Waals surface area (Å²) in [5.41, 5.74) is 0.747. The first-order chi connectivity index (χ1) is 9.11. The molecule has 0 saturated heterocycles. The Balaban J connectivity index is 2.15. The average Bonchev–Trinajstić information content (AvgIpc) is 2.84. The zero-order valence-electron chi connectivity index (χ0n) is 10.9. The molecule has 19 heavy (non-hydrogen) atoms. The van der Waals surface area contributed by atoms with Gasteiger partial charge in [-0.05, 0) is 32.0 Å². The second-order valence-electron chi connectivity index (χ2n) is 4.14. The molecule has 0 aliphatic carbocycles. The number of aliphatic hydroxyl groups is 1. The highest BCUT2D eigenvalue weighted by Crippen LogP contribution is 2.28. The molecule has 102 valence electrons. The van der Waals surface area contributed by atoms with E-state index in [2.05, 4.69) is 26.0 Å². The third-order valence-corrected chi connectivity index (χ3v) is 3.27. The van der Waals surface area contributed by atoms with Crippen LogP contribution in [0.25, 0.3) is 0 Å². The minimum atomic E-state index is -0.587. The highest BCUT2D eigenvalue weighted by atomic mass is 79.9. The molecule has 0 unspecified atom stereocenters. The van der Waals surface area contributed by atoms with Crippen molar-refractivity contribution in [2.45, 2.75) is 33.1 Å². The van der Waals surface area contributed by atoms with Crippen molar-refractivity contribution in [1.82, 2.24) is 14.8 Å². The molecule has 1 N–H and O–H groups in total. The molecule has 0 saturated carbocycles. The Bertz CT molecular complexity index is 555. The fourth-order valence-electron chi connectivity index (χ4n) is 1.78. The van der Waals surface area contributed by atoms with Crippen LogP contribution in [0.3, 0.4) is 0 Å². The zero-order valence-corrected chi connectivity index (χ0v) is 12.5. The lowest BCUT2D eigenvalue weighted by atomic mass is 10.1. The second kappa shape index (κ2) is 6.16. The molecule has 2 rings (SSSR count). The fraction of sp³-hybridized carbons (Fsp3) is 0.385. The molecule has 1 aromatic heterocycles. The number of nitrogens with zero attached hydrogens (tertiary/aromatic N) is 3. The van der Waals surface area contributed by atoms with Crippen LogP contribution in [0.1, 0.15) is 31.3 Å². The normalized spacial score (nSPS) is 12.4. The Morgan fingerprint density at radius 1 is 1.47 bits per heavy atom. The lowest BCUT2D eigenvalue weighted by molar-refractivity contribution is 0.189. The van der Waals surface area contributed by atoms with Crippen molar-refractivity contribution in [3.63, 3.8) is 0 Å². The molecule has 2 aromatic rings. The van der Waals surface area contributed by atoms with E-state index in [4.69, 9.17) is 4.74 Å². The molecule has 0 radical (unpaired) electrons. The predicted molar refractivity (Wildman–Crippen MR) is 74.8 cm³/mol. The monoisotopic (exact) mass is 325 g/mol. The Morgan fingerprint density at radius 2 is 2.26 bits per heavy atom. The lowest BCUT2D eigenvalue weighted by Crippen LogP contribution is -2.08. The average molecular weight is 326 g/mol. The van der Waals surface area contributed by atoms with E-state index < -0.39 is 6.10 Å². The first kappa shape index (κ1) is 14.0. The van der Waals surface area contributed by atoms with Gasteiger partial charge in [0.25, 0.3) is 0 Å². The molecule has 0 amide bonds. The molecule has 5 nitrogen and oxygen atoms in total. The SMILES string of the molecule is CCn1ncnc1COc1ccc(Br)cc1[C@H](C)O. The Labute approximate surface area is 120 Å². The highest BCUT2D eigenvalue weighted by Gasteiger charge is 2.11. The van der Waals surface area contributed by atoms with E-state index in [1.165, 1.54) is 6.33 Å². The highest BCUT2D eigenvalue weighted by molar-refractivity contribution is 9.10. The van der Waals surface area contributed by atoms with Gasteiger partial charge in [0.15, 0.2) is 5.82 Å². The zero-order chi connectivity index (χ0) is 13.8. The van der Waals surface area contributed by atoms with Crippen LogP contribution < -0.4 is 4.74 Å². The summed E-state index contributed by atoms with van der Waals surface area (Å²) < 4.78 is 8.42. The number of hydrogen-bond donors (Lipinski definition) is 1. The molecule has 1 aromatic carbocycles. The number of halogens is 1. The molecular weight excluding hydrogens is 310 g/mol. The number of rotatable bonds is 5. The van der Waals surface area contributed by atoms with Crippen LogP contribution >= 0.6 is 15.9 Å². The fourth-order valence-corrected chi connectivity index (χ4v) is 2.16. The Morgan fingerprint density at radius 3 is 2.95 bits per heavy atom. The summed E-state index contributed by atoms with van der Waals surface area (Å²) in [6, 6.07) is 5.56. The van der Waals surface area contributed by atoms with Gasteiger partial charge in [0, 0.05) is 16.6 Å². The number of aliphatic hydroxyl groups excluding tert-OH is 1. The van der Waals surface area contributed by atoms with Crippen LogP contribution in [0.2, 0.25) is 0 Å². The van der Waals surface area contributed by atoms with Gasteiger partial charge in [-0.15, -0.1) is 0 Å². The minimum absolute atomic E-state index is 0.329. The van der Waals surface area contributed by atoms with Crippen molar-refractivity contribution < 1.29 is 9.84 Å². The summed E-state index contributed by atoms with van der Waals surface area (Å²) in [5.74, 6) is 1.42. The standard InChI is InChI=1S/C13H16BrN3O2/c1-3-17-13(15-8-16-17)7-19-12-5-4-10(14)6-11(12)9(2)18/h4-6,8-9,18H,3,7H2,1-2H3/t9-/m0/s1. The first-order valence-electron chi connectivity index (χ1n) is 6.08. The van der Waals surface area contributed by atoms with Crippen molar-refractivity contribution in [3.8, 4) is 5.75 Å². The molecule has 0 fully saturated rings. The van der Waals surface area contributed by atoms with Crippen molar-refractivity contribution in [1.29, 1.82) is 0 Å². The van der Waals surface area contributed by atoms with Gasteiger partial charge < -0.3 is 9.84 Å². The maximum absolute atomic E-state index is 9.75. The summed E-state index contributed by atoms with van der Waals surface area (Å²) in [6.07, 6.45) is 0.927. The molecule has 1 atom stereocenters. The molecule has 0 spiro atoms. The van der Waals surface area contributed by atoms with Crippen molar-refractivity contribution in [2.75, 3.05) is 0 Å². The molecule has 1 heterocycles. The quantitative estimate of drug-likeness (QED) is 0.918. The van der Waals surface area contributed by atoms with E-state index in [1.807, 2.05) is 25.1 Å². The smallest absolute Gasteiger partial charge is 0.164 e. The van der Waals surface area contributed by atoms with Gasteiger partial charge in [-0.25, -0.2) is 9.67 Å². The van der Waals surface area contributed by atoms with E-state index in [0.29, 0.717) is 12.4 Å². The topological polar surface area (TPSA) is 60.2 Å². The van der Waals surface area contributed by atoms with Crippen LogP contribution in [0.5, 0.6) is 5.75 Å². The van der Waals surface area contributed by atoms with Gasteiger partial charge >= 0.3 is 0 Å². The third kappa shape index (κ3) is 3.33. The number of aromatic nitrogens is 3. The van der Waals surface area contributed by atoms with Crippen molar-refractivity contribution in [3.05, 3.63) is 40.4 Å². The van der Waals surface area contributed by atoms with Crippen LogP contribution in [0.15, 0.2) is 29.0 Å². The van der Waals surface area contributed by atoms with Crippen LogP contribution in [-0.2, 0) is 13.2 Å². The van der Waals surface area contributed by atoms with Gasteiger partial charge in [0.2, 0.25) is 0 Å². The van der Waals surface area contributed by atoms with E-state index in [0.717, 1.165) is 22.4 Å². The minimum Gasteiger partial charge on any atom is -0.485 e. The van der Waals surface area contributed by atoms with E-state index >= 15 is 0 Å². The summed E-state index contributed by atoms with van der Waals surface area (Å²) in [7, 11) is 0. The summed E-state index contributed by atoms with van der Waals surface area (Å²) >= 11 is 3.38. The van der Waals surface area contributed by atoms with Crippen LogP contribution in [0, 0.1) is 0 Å². The summed E-state index contributed by atoms with van der Waals surface area (Å²) in [4.78, 5) is 4.15. The molecule has 0 bridgehead atoms. The second-order valence-corrected chi connectivity index (χ2v) is 5.05. The molecule has 0 aliphatic heterocycles. The number of hydrogen-bond acceptors (Lipinski definition) is 4. The lowest BCUT2D eigenvalue weighted by Gasteiger charge is -2.13. The van der Waals surface area contributed by atoms with Gasteiger partial charge in [-0.3, -0.25) is 0 Å². The van der Waals surface area contributed by atoms with Gasteiger partial charge in [-0.2, -0.15) is 5.10 Å². The largest absolute Gasteiger partial charge is 0.485 e. The summed E-state index contributed by atoms with van der Waals surface area (Å²) in [6.45, 7) is 4.79. The van der Waals surface area contributed by atoms with Crippen LogP contribution in [0.4, 0.5) is 0 Å². The summed E-state index contributed by atoms with van der Waals surface area (Å²) in [5, 5.41) is 13.8. The Kier molecular flexibility index (Phi) is 4.55. The Hall–Kier alpha value is -1.40. The number of aryl methyl sites for hydroxylation is 1. The maximum atomic E-state index is 9.75. The third-order valence-electron chi connectivity index (χ3n) is 2.77. The van der Waals surface area contributed by atoms with Gasteiger partial charge in [-0.1, -0.05) is 15.9 Å². The van der Waals surface area contributed by atoms with Gasteiger partial charge in [0.05, 0.1) is 6.10 Å². The van der Waals surface area contributed by atoms with Gasteiger partial charge in [0.1, 0.15) is 18.7 Å². The molecule has 0 aliphatic rings. The van der Waals surface area contributed by atoms with Crippen LogP contribution in [-0.4, -0.2) is 19.9 Å².